The highest BCUT2D eigenvalue weighted by Gasteiger charge is 2.25. The fourth-order valence-electron chi connectivity index (χ4n) is 2.27. The van der Waals surface area contributed by atoms with Gasteiger partial charge >= 0.3 is 5.97 Å². The second-order valence-corrected chi connectivity index (χ2v) is 5.66. The molecule has 1 saturated heterocycles. The van der Waals surface area contributed by atoms with E-state index in [2.05, 4.69) is 14.9 Å². The first-order chi connectivity index (χ1) is 9.11. The van der Waals surface area contributed by atoms with Crippen molar-refractivity contribution in [2.45, 2.75) is 20.3 Å². The molecule has 1 fully saturated rings. The molecule has 0 atom stereocenters. The molecule has 2 aromatic rings. The summed E-state index contributed by atoms with van der Waals surface area (Å²) in [5.41, 5.74) is 0.925. The third-order valence-corrected chi connectivity index (χ3v) is 4.57. The maximum atomic E-state index is 11.8. The summed E-state index contributed by atoms with van der Waals surface area (Å²) < 4.78 is 4.83. The Labute approximate surface area is 115 Å². The van der Waals surface area contributed by atoms with Gasteiger partial charge in [-0.2, -0.15) is 0 Å². The van der Waals surface area contributed by atoms with Crippen molar-refractivity contribution in [3.63, 3.8) is 0 Å². The maximum Gasteiger partial charge on any atom is 0.348 e. The van der Waals surface area contributed by atoms with Crippen LogP contribution in [-0.4, -0.2) is 36.1 Å². The molecule has 2 aromatic heterocycles. The predicted octanol–water partition coefficient (Wildman–Crippen LogP) is 2.30. The quantitative estimate of drug-likeness (QED) is 0.788. The first kappa shape index (κ1) is 12.3. The van der Waals surface area contributed by atoms with Gasteiger partial charge in [-0.25, -0.2) is 14.8 Å². The Morgan fingerprint density at radius 3 is 2.63 bits per heavy atom. The smallest absolute Gasteiger partial charge is 0.348 e. The lowest BCUT2D eigenvalue weighted by Gasteiger charge is -2.32. The number of hydrogen-bond acceptors (Lipinski definition) is 6. The van der Waals surface area contributed by atoms with E-state index in [0.717, 1.165) is 40.5 Å². The molecular weight excluding hydrogens is 262 g/mol. The first-order valence-corrected chi connectivity index (χ1v) is 7.04. The number of aryl methyl sites for hydroxylation is 2. The van der Waals surface area contributed by atoms with Crippen molar-refractivity contribution < 1.29 is 9.53 Å². The summed E-state index contributed by atoms with van der Waals surface area (Å²) in [6.45, 7) is 5.87. The van der Waals surface area contributed by atoms with Crippen molar-refractivity contribution in [1.82, 2.24) is 9.97 Å². The molecule has 6 heteroatoms. The predicted molar refractivity (Wildman–Crippen MR) is 75.1 cm³/mol. The highest BCUT2D eigenvalue weighted by molar-refractivity contribution is 7.20. The molecule has 0 bridgehead atoms. The van der Waals surface area contributed by atoms with Crippen LogP contribution in [0.1, 0.15) is 27.5 Å². The van der Waals surface area contributed by atoms with Crippen molar-refractivity contribution in [2.24, 2.45) is 0 Å². The highest BCUT2D eigenvalue weighted by atomic mass is 32.1. The number of anilines is 1. The van der Waals surface area contributed by atoms with Crippen LogP contribution in [0.15, 0.2) is 0 Å². The van der Waals surface area contributed by atoms with Crippen LogP contribution in [0.4, 0.5) is 5.82 Å². The Morgan fingerprint density at radius 1 is 1.32 bits per heavy atom. The van der Waals surface area contributed by atoms with E-state index in [1.807, 2.05) is 13.8 Å². The molecule has 0 aliphatic carbocycles. The summed E-state index contributed by atoms with van der Waals surface area (Å²) in [6.07, 6.45) is 1.19. The largest absolute Gasteiger partial charge is 0.465 e. The molecule has 0 unspecified atom stereocenters. The van der Waals surface area contributed by atoms with Crippen LogP contribution in [0.5, 0.6) is 0 Å². The number of hydrogen-bond donors (Lipinski definition) is 0. The fourth-order valence-corrected chi connectivity index (χ4v) is 3.41. The van der Waals surface area contributed by atoms with Gasteiger partial charge in [-0.3, -0.25) is 0 Å². The molecule has 0 N–H and O–H groups in total. The molecule has 3 heterocycles. The van der Waals surface area contributed by atoms with E-state index < -0.39 is 0 Å². The highest BCUT2D eigenvalue weighted by Crippen LogP contribution is 2.36. The Hall–Kier alpha value is -1.69. The van der Waals surface area contributed by atoms with Gasteiger partial charge in [0, 0.05) is 13.1 Å². The zero-order chi connectivity index (χ0) is 13.6. The average Bonchev–Trinajstić information content (AvgIpc) is 2.63. The monoisotopic (exact) mass is 277 g/mol. The standard InChI is InChI=1S/C13H15N3O2S/c1-7-9-11(16-5-4-6-16)14-8(2)15-12(9)19-10(7)13(17)18-3/h4-6H2,1-3H3. The summed E-state index contributed by atoms with van der Waals surface area (Å²) in [5, 5.41) is 0.996. The lowest BCUT2D eigenvalue weighted by Crippen LogP contribution is -2.38. The molecule has 1 aliphatic rings. The Kier molecular flexibility index (Phi) is 2.89. The van der Waals surface area contributed by atoms with E-state index in [9.17, 15) is 4.79 Å². The van der Waals surface area contributed by atoms with E-state index in [1.54, 1.807) is 0 Å². The molecule has 19 heavy (non-hydrogen) atoms. The summed E-state index contributed by atoms with van der Waals surface area (Å²) in [5.74, 6) is 1.40. The number of esters is 1. The number of fused-ring (bicyclic) bond motifs is 1. The zero-order valence-electron chi connectivity index (χ0n) is 11.2. The summed E-state index contributed by atoms with van der Waals surface area (Å²) >= 11 is 1.38. The van der Waals surface area contributed by atoms with Gasteiger partial charge in [-0.1, -0.05) is 0 Å². The zero-order valence-corrected chi connectivity index (χ0v) is 12.0. The van der Waals surface area contributed by atoms with E-state index in [-0.39, 0.29) is 5.97 Å². The molecule has 0 saturated carbocycles. The van der Waals surface area contributed by atoms with Crippen molar-refractivity contribution in [2.75, 3.05) is 25.1 Å². The number of rotatable bonds is 2. The number of ether oxygens (including phenoxy) is 1. The molecule has 5 nitrogen and oxygen atoms in total. The SMILES string of the molecule is COC(=O)c1sc2nc(C)nc(N3CCC3)c2c1C. The van der Waals surface area contributed by atoms with E-state index in [1.165, 1.54) is 24.9 Å². The molecule has 0 spiro atoms. The van der Waals surface area contributed by atoms with Gasteiger partial charge < -0.3 is 9.64 Å². The maximum absolute atomic E-state index is 11.8. The number of aromatic nitrogens is 2. The van der Waals surface area contributed by atoms with Crippen molar-refractivity contribution >= 4 is 33.3 Å². The van der Waals surface area contributed by atoms with E-state index >= 15 is 0 Å². The Balaban J connectivity index is 2.25. The van der Waals surface area contributed by atoms with Crippen LogP contribution in [-0.2, 0) is 4.74 Å². The Bertz CT molecular complexity index is 661. The number of carbonyl (C=O) groups is 1. The van der Waals surface area contributed by atoms with Crippen LogP contribution in [0.3, 0.4) is 0 Å². The van der Waals surface area contributed by atoms with Crippen LogP contribution < -0.4 is 4.90 Å². The van der Waals surface area contributed by atoms with Gasteiger partial charge in [-0.05, 0) is 25.8 Å². The second-order valence-electron chi connectivity index (χ2n) is 4.66. The van der Waals surface area contributed by atoms with Gasteiger partial charge in [-0.15, -0.1) is 11.3 Å². The van der Waals surface area contributed by atoms with Crippen molar-refractivity contribution in [3.05, 3.63) is 16.3 Å². The minimum Gasteiger partial charge on any atom is -0.465 e. The molecule has 100 valence electrons. The van der Waals surface area contributed by atoms with E-state index in [4.69, 9.17) is 4.74 Å². The molecule has 0 aromatic carbocycles. The first-order valence-electron chi connectivity index (χ1n) is 6.23. The third kappa shape index (κ3) is 1.87. The lowest BCUT2D eigenvalue weighted by atomic mass is 10.1. The fraction of sp³-hybridized carbons (Fsp3) is 0.462. The van der Waals surface area contributed by atoms with Gasteiger partial charge in [0.15, 0.2) is 0 Å². The Morgan fingerprint density at radius 2 is 2.05 bits per heavy atom. The van der Waals surface area contributed by atoms with Gasteiger partial charge in [0.2, 0.25) is 0 Å². The summed E-state index contributed by atoms with van der Waals surface area (Å²) in [4.78, 5) is 24.5. The number of nitrogens with zero attached hydrogens (tertiary/aromatic N) is 3. The molecule has 1 aliphatic heterocycles. The summed E-state index contributed by atoms with van der Waals surface area (Å²) in [7, 11) is 1.40. The molecule has 3 rings (SSSR count). The van der Waals surface area contributed by atoms with Crippen LogP contribution in [0, 0.1) is 13.8 Å². The number of methoxy groups -OCH3 is 1. The molecule has 0 amide bonds. The van der Waals surface area contributed by atoms with Crippen molar-refractivity contribution in [3.8, 4) is 0 Å². The van der Waals surface area contributed by atoms with Gasteiger partial charge in [0.25, 0.3) is 0 Å². The average molecular weight is 277 g/mol. The lowest BCUT2D eigenvalue weighted by molar-refractivity contribution is 0.0605. The number of thiophene rings is 1. The van der Waals surface area contributed by atoms with E-state index in [0.29, 0.717) is 4.88 Å². The minimum atomic E-state index is -0.298. The minimum absolute atomic E-state index is 0.298. The third-order valence-electron chi connectivity index (χ3n) is 3.41. The summed E-state index contributed by atoms with van der Waals surface area (Å²) in [6, 6.07) is 0. The van der Waals surface area contributed by atoms with Gasteiger partial charge in [0.05, 0.1) is 12.5 Å². The normalized spacial score (nSPS) is 14.6. The van der Waals surface area contributed by atoms with Crippen LogP contribution in [0.2, 0.25) is 0 Å². The second kappa shape index (κ2) is 4.45. The van der Waals surface area contributed by atoms with Crippen molar-refractivity contribution in [1.29, 1.82) is 0 Å². The number of carbonyl (C=O) groups excluding carboxylic acids is 1. The van der Waals surface area contributed by atoms with Gasteiger partial charge in [0.1, 0.15) is 21.3 Å². The topological polar surface area (TPSA) is 55.3 Å². The van der Waals surface area contributed by atoms with Crippen LogP contribution in [0.25, 0.3) is 10.2 Å². The van der Waals surface area contributed by atoms with Crippen LogP contribution >= 0.6 is 11.3 Å². The molecular formula is C13H15N3O2S. The molecule has 0 radical (unpaired) electrons.